The van der Waals surface area contributed by atoms with Gasteiger partial charge in [-0.05, 0) is 31.5 Å². The Kier molecular flexibility index (Phi) is 5.65. The molecule has 20 heavy (non-hydrogen) atoms. The Bertz CT molecular complexity index is 544. The van der Waals surface area contributed by atoms with Gasteiger partial charge in [-0.25, -0.2) is 8.42 Å². The molecule has 0 bridgehead atoms. The van der Waals surface area contributed by atoms with Gasteiger partial charge in [-0.1, -0.05) is 32.0 Å². The van der Waals surface area contributed by atoms with Gasteiger partial charge >= 0.3 is 5.76 Å². The van der Waals surface area contributed by atoms with Crippen molar-refractivity contribution < 1.29 is 17.2 Å². The van der Waals surface area contributed by atoms with Crippen LogP contribution >= 0.6 is 0 Å². The van der Waals surface area contributed by atoms with E-state index in [2.05, 4.69) is 5.32 Å². The first-order valence-corrected chi connectivity index (χ1v) is 8.06. The Balaban J connectivity index is 3.46. The molecule has 0 aromatic heterocycles. The SMILES string of the molecule is CNC(C)C(c1ccccc1S(=O)(=O)C(F)F)C(C)C. The van der Waals surface area contributed by atoms with Crippen LogP contribution < -0.4 is 5.32 Å². The summed E-state index contributed by atoms with van der Waals surface area (Å²) in [6.45, 7) is 5.81. The predicted octanol–water partition coefficient (Wildman–Crippen LogP) is 3.03. The van der Waals surface area contributed by atoms with Gasteiger partial charge in [0.15, 0.2) is 0 Å². The number of nitrogens with one attached hydrogen (secondary N) is 1. The smallest absolute Gasteiger partial charge is 0.317 e. The lowest BCUT2D eigenvalue weighted by molar-refractivity contribution is 0.234. The van der Waals surface area contributed by atoms with Gasteiger partial charge < -0.3 is 5.32 Å². The molecule has 0 amide bonds. The van der Waals surface area contributed by atoms with Crippen LogP contribution in [0.15, 0.2) is 29.2 Å². The zero-order valence-electron chi connectivity index (χ0n) is 12.1. The molecule has 0 aliphatic carbocycles. The highest BCUT2D eigenvalue weighted by Gasteiger charge is 2.33. The van der Waals surface area contributed by atoms with E-state index in [4.69, 9.17) is 0 Å². The van der Waals surface area contributed by atoms with Gasteiger partial charge in [-0.15, -0.1) is 0 Å². The quantitative estimate of drug-likeness (QED) is 0.878. The van der Waals surface area contributed by atoms with Crippen LogP contribution in [0.3, 0.4) is 0 Å². The van der Waals surface area contributed by atoms with Crippen LogP contribution in [-0.4, -0.2) is 27.3 Å². The molecule has 0 spiro atoms. The van der Waals surface area contributed by atoms with Gasteiger partial charge in [0.25, 0.3) is 0 Å². The molecule has 6 heteroatoms. The van der Waals surface area contributed by atoms with Crippen molar-refractivity contribution in [3.8, 4) is 0 Å². The number of alkyl halides is 2. The molecular weight excluding hydrogens is 284 g/mol. The number of hydrogen-bond acceptors (Lipinski definition) is 3. The normalized spacial score (nSPS) is 15.6. The minimum absolute atomic E-state index is 0.0241. The van der Waals surface area contributed by atoms with Gasteiger partial charge in [-0.2, -0.15) is 8.78 Å². The van der Waals surface area contributed by atoms with Gasteiger partial charge in [0.1, 0.15) is 0 Å². The summed E-state index contributed by atoms with van der Waals surface area (Å²) in [6, 6.07) is 6.00. The average molecular weight is 305 g/mol. The second-order valence-corrected chi connectivity index (χ2v) is 7.08. The molecule has 2 unspecified atom stereocenters. The van der Waals surface area contributed by atoms with Crippen molar-refractivity contribution in [1.29, 1.82) is 0 Å². The summed E-state index contributed by atoms with van der Waals surface area (Å²) in [5.41, 5.74) is 0.449. The molecule has 0 saturated carbocycles. The highest BCUT2D eigenvalue weighted by molar-refractivity contribution is 7.91. The number of halogens is 2. The first-order chi connectivity index (χ1) is 9.23. The lowest BCUT2D eigenvalue weighted by Crippen LogP contribution is -2.33. The van der Waals surface area contributed by atoms with E-state index in [1.165, 1.54) is 12.1 Å². The number of hydrogen-bond donors (Lipinski definition) is 1. The fourth-order valence-electron chi connectivity index (χ4n) is 2.50. The Morgan fingerprint density at radius 1 is 1.10 bits per heavy atom. The molecule has 114 valence electrons. The van der Waals surface area contributed by atoms with Crippen molar-refractivity contribution in [2.24, 2.45) is 5.92 Å². The van der Waals surface area contributed by atoms with Crippen LogP contribution in [-0.2, 0) is 9.84 Å². The van der Waals surface area contributed by atoms with Gasteiger partial charge in [0.05, 0.1) is 4.90 Å². The zero-order valence-corrected chi connectivity index (χ0v) is 12.9. The molecule has 0 aliphatic rings. The maximum Gasteiger partial charge on any atom is 0.341 e. The van der Waals surface area contributed by atoms with E-state index in [1.807, 2.05) is 20.8 Å². The summed E-state index contributed by atoms with van der Waals surface area (Å²) in [7, 11) is -2.82. The fraction of sp³-hybridized carbons (Fsp3) is 0.571. The largest absolute Gasteiger partial charge is 0.341 e. The second kappa shape index (κ2) is 6.63. The highest BCUT2D eigenvalue weighted by Crippen LogP contribution is 2.34. The number of benzene rings is 1. The van der Waals surface area contributed by atoms with Crippen LogP contribution in [0.4, 0.5) is 8.78 Å². The van der Waals surface area contributed by atoms with Crippen molar-refractivity contribution >= 4 is 9.84 Å². The fourth-order valence-corrected chi connectivity index (χ4v) is 3.49. The molecule has 3 nitrogen and oxygen atoms in total. The Labute approximate surface area is 119 Å². The van der Waals surface area contributed by atoms with E-state index in [9.17, 15) is 17.2 Å². The number of sulfone groups is 1. The first kappa shape index (κ1) is 17.0. The Hall–Kier alpha value is -1.01. The summed E-state index contributed by atoms with van der Waals surface area (Å²) in [5, 5.41) is 3.07. The molecule has 0 saturated heterocycles. The molecule has 1 aromatic rings. The van der Waals surface area contributed by atoms with Crippen LogP contribution in [0.1, 0.15) is 32.3 Å². The third-order valence-electron chi connectivity index (χ3n) is 3.53. The number of rotatable bonds is 6. The van der Waals surface area contributed by atoms with Crippen molar-refractivity contribution in [2.75, 3.05) is 7.05 Å². The molecule has 0 aliphatic heterocycles. The topological polar surface area (TPSA) is 46.2 Å². The maximum atomic E-state index is 12.8. The van der Waals surface area contributed by atoms with Gasteiger partial charge in [0.2, 0.25) is 9.84 Å². The highest BCUT2D eigenvalue weighted by atomic mass is 32.2. The van der Waals surface area contributed by atoms with E-state index in [0.29, 0.717) is 5.56 Å². The summed E-state index contributed by atoms with van der Waals surface area (Å²) < 4.78 is 49.3. The molecular formula is C14H21F2NO2S. The standard InChI is InChI=1S/C14H21F2NO2S/c1-9(2)13(10(3)17-4)11-7-5-6-8-12(11)20(18,19)14(15)16/h5-10,13-14,17H,1-4H3. The van der Waals surface area contributed by atoms with E-state index in [1.54, 1.807) is 19.2 Å². The predicted molar refractivity (Wildman–Crippen MR) is 75.7 cm³/mol. The van der Waals surface area contributed by atoms with Crippen LogP contribution in [0, 0.1) is 5.92 Å². The Morgan fingerprint density at radius 3 is 2.10 bits per heavy atom. The summed E-state index contributed by atoms with van der Waals surface area (Å²) in [5.74, 6) is -3.45. The molecule has 1 rings (SSSR count). The van der Waals surface area contributed by atoms with Crippen LogP contribution in [0.25, 0.3) is 0 Å². The molecule has 1 N–H and O–H groups in total. The molecule has 0 heterocycles. The van der Waals surface area contributed by atoms with Crippen molar-refractivity contribution in [2.45, 2.75) is 43.4 Å². The molecule has 2 atom stereocenters. The lowest BCUT2D eigenvalue weighted by atomic mass is 9.83. The third kappa shape index (κ3) is 3.35. The van der Waals surface area contributed by atoms with Gasteiger partial charge in [-0.3, -0.25) is 0 Å². The monoisotopic (exact) mass is 305 g/mol. The van der Waals surface area contributed by atoms with E-state index in [0.717, 1.165) is 0 Å². The van der Waals surface area contributed by atoms with Gasteiger partial charge in [0, 0.05) is 12.0 Å². The van der Waals surface area contributed by atoms with E-state index >= 15 is 0 Å². The summed E-state index contributed by atoms with van der Waals surface area (Å²) in [4.78, 5) is -0.268. The molecule has 0 fully saturated rings. The maximum absolute atomic E-state index is 12.8. The minimum Gasteiger partial charge on any atom is -0.317 e. The zero-order chi connectivity index (χ0) is 15.5. The van der Waals surface area contributed by atoms with Crippen molar-refractivity contribution in [1.82, 2.24) is 5.32 Å². The van der Waals surface area contributed by atoms with E-state index < -0.39 is 15.6 Å². The average Bonchev–Trinajstić information content (AvgIpc) is 2.38. The van der Waals surface area contributed by atoms with Crippen molar-refractivity contribution in [3.63, 3.8) is 0 Å². The summed E-state index contributed by atoms with van der Waals surface area (Å²) in [6.07, 6.45) is 0. The lowest BCUT2D eigenvalue weighted by Gasteiger charge is -2.29. The Morgan fingerprint density at radius 2 is 1.65 bits per heavy atom. The second-order valence-electron chi connectivity index (χ2n) is 5.19. The number of likely N-dealkylation sites (N-methyl/N-ethyl adjacent to an activating group) is 1. The van der Waals surface area contributed by atoms with Crippen LogP contribution in [0.5, 0.6) is 0 Å². The van der Waals surface area contributed by atoms with Crippen molar-refractivity contribution in [3.05, 3.63) is 29.8 Å². The first-order valence-electron chi connectivity index (χ1n) is 6.51. The van der Waals surface area contributed by atoms with Crippen LogP contribution in [0.2, 0.25) is 0 Å². The third-order valence-corrected chi connectivity index (χ3v) is 4.99. The van der Waals surface area contributed by atoms with E-state index in [-0.39, 0.29) is 22.8 Å². The minimum atomic E-state index is -4.59. The summed E-state index contributed by atoms with van der Waals surface area (Å²) >= 11 is 0. The molecule has 0 radical (unpaired) electrons. The molecule has 1 aromatic carbocycles.